The van der Waals surface area contributed by atoms with E-state index in [1.165, 1.54) is 16.5 Å². The normalized spacial score (nSPS) is 11.6. The Morgan fingerprint density at radius 3 is 2.67 bits per heavy atom. The van der Waals surface area contributed by atoms with Crippen molar-refractivity contribution in [1.29, 1.82) is 0 Å². The molecule has 0 unspecified atom stereocenters. The fourth-order valence-corrected chi connectivity index (χ4v) is 3.64. The highest BCUT2D eigenvalue weighted by atomic mass is 35.5. The predicted molar refractivity (Wildman–Crippen MR) is 115 cm³/mol. The van der Waals surface area contributed by atoms with Gasteiger partial charge < -0.3 is 14.6 Å². The van der Waals surface area contributed by atoms with Crippen LogP contribution in [0.2, 0.25) is 10.0 Å². The standard InChI is InChI=1S/C22H26Cl2N2O/c1-16(2)27-11-5-10-25-13-18-15-26(22-7-4-3-6-20(18)22)14-17-8-9-19(23)12-21(17)24/h3-4,6-9,12,15-16,25H,5,10-11,13-14H2,1-2H3. The van der Waals surface area contributed by atoms with Gasteiger partial charge in [-0.1, -0.05) is 47.5 Å². The molecule has 0 aliphatic carbocycles. The van der Waals surface area contributed by atoms with E-state index < -0.39 is 0 Å². The van der Waals surface area contributed by atoms with Crippen LogP contribution in [0.5, 0.6) is 0 Å². The SMILES string of the molecule is CC(C)OCCCNCc1cn(Cc2ccc(Cl)cc2Cl)c2ccccc12. The van der Waals surface area contributed by atoms with E-state index in [9.17, 15) is 0 Å². The van der Waals surface area contributed by atoms with Crippen molar-refractivity contribution in [2.24, 2.45) is 0 Å². The molecule has 1 heterocycles. The molecule has 1 N–H and O–H groups in total. The van der Waals surface area contributed by atoms with Gasteiger partial charge in [-0.3, -0.25) is 0 Å². The molecule has 0 radical (unpaired) electrons. The summed E-state index contributed by atoms with van der Waals surface area (Å²) in [5.41, 5.74) is 3.57. The average molecular weight is 405 g/mol. The highest BCUT2D eigenvalue weighted by Gasteiger charge is 2.10. The van der Waals surface area contributed by atoms with E-state index in [4.69, 9.17) is 27.9 Å². The molecule has 0 amide bonds. The first-order valence-electron chi connectivity index (χ1n) is 9.37. The van der Waals surface area contributed by atoms with E-state index in [1.807, 2.05) is 12.1 Å². The van der Waals surface area contributed by atoms with Crippen LogP contribution in [0.1, 0.15) is 31.4 Å². The second-order valence-electron chi connectivity index (χ2n) is 6.98. The number of para-hydroxylation sites is 1. The predicted octanol–water partition coefficient (Wildman–Crippen LogP) is 5.90. The Labute approximate surface area is 171 Å². The molecule has 0 saturated heterocycles. The highest BCUT2D eigenvalue weighted by Crippen LogP contribution is 2.26. The highest BCUT2D eigenvalue weighted by molar-refractivity contribution is 6.35. The van der Waals surface area contributed by atoms with Crippen LogP contribution in [0.25, 0.3) is 10.9 Å². The summed E-state index contributed by atoms with van der Waals surface area (Å²) in [6.07, 6.45) is 3.52. The van der Waals surface area contributed by atoms with E-state index in [1.54, 1.807) is 6.07 Å². The van der Waals surface area contributed by atoms with Gasteiger partial charge in [-0.05, 0) is 56.1 Å². The van der Waals surface area contributed by atoms with Crippen molar-refractivity contribution in [2.75, 3.05) is 13.2 Å². The molecule has 0 bridgehead atoms. The van der Waals surface area contributed by atoms with Crippen LogP contribution in [-0.4, -0.2) is 23.8 Å². The first-order chi connectivity index (χ1) is 13.0. The summed E-state index contributed by atoms with van der Waals surface area (Å²) in [7, 11) is 0. The Bertz CT molecular complexity index is 889. The molecule has 27 heavy (non-hydrogen) atoms. The van der Waals surface area contributed by atoms with Gasteiger partial charge in [0.2, 0.25) is 0 Å². The smallest absolute Gasteiger partial charge is 0.0518 e. The third-order valence-corrected chi connectivity index (χ3v) is 5.08. The summed E-state index contributed by atoms with van der Waals surface area (Å²) in [5, 5.41) is 6.16. The van der Waals surface area contributed by atoms with Crippen molar-refractivity contribution in [3.63, 3.8) is 0 Å². The summed E-state index contributed by atoms with van der Waals surface area (Å²) in [5.74, 6) is 0. The zero-order valence-electron chi connectivity index (χ0n) is 15.8. The molecule has 144 valence electrons. The number of rotatable bonds is 9. The average Bonchev–Trinajstić information content (AvgIpc) is 2.98. The quantitative estimate of drug-likeness (QED) is 0.449. The number of nitrogens with one attached hydrogen (secondary N) is 1. The Hall–Kier alpha value is -1.52. The Morgan fingerprint density at radius 1 is 1.07 bits per heavy atom. The van der Waals surface area contributed by atoms with Gasteiger partial charge in [0.1, 0.15) is 0 Å². The first-order valence-corrected chi connectivity index (χ1v) is 10.1. The minimum Gasteiger partial charge on any atom is -0.379 e. The number of benzene rings is 2. The van der Waals surface area contributed by atoms with Crippen molar-refractivity contribution >= 4 is 34.1 Å². The van der Waals surface area contributed by atoms with Gasteiger partial charge in [-0.25, -0.2) is 0 Å². The molecule has 3 nitrogen and oxygen atoms in total. The number of nitrogens with zero attached hydrogens (tertiary/aromatic N) is 1. The van der Waals surface area contributed by atoms with E-state index in [0.717, 1.165) is 38.2 Å². The zero-order valence-corrected chi connectivity index (χ0v) is 17.4. The molecule has 0 fully saturated rings. The number of hydrogen-bond donors (Lipinski definition) is 1. The molecule has 0 atom stereocenters. The molecule has 0 aliphatic rings. The molecular formula is C22H26Cl2N2O. The molecule has 0 saturated carbocycles. The van der Waals surface area contributed by atoms with Gasteiger partial charge in [-0.15, -0.1) is 0 Å². The van der Waals surface area contributed by atoms with Crippen LogP contribution in [0.4, 0.5) is 0 Å². The topological polar surface area (TPSA) is 26.2 Å². The minimum atomic E-state index is 0.294. The number of ether oxygens (including phenoxy) is 1. The summed E-state index contributed by atoms with van der Waals surface area (Å²) >= 11 is 12.4. The maximum absolute atomic E-state index is 6.37. The fraction of sp³-hybridized carbons (Fsp3) is 0.364. The number of hydrogen-bond acceptors (Lipinski definition) is 2. The van der Waals surface area contributed by atoms with Gasteiger partial charge in [0.05, 0.1) is 6.10 Å². The van der Waals surface area contributed by atoms with E-state index in [0.29, 0.717) is 16.1 Å². The number of fused-ring (bicyclic) bond motifs is 1. The van der Waals surface area contributed by atoms with Crippen molar-refractivity contribution in [3.05, 3.63) is 69.8 Å². The monoisotopic (exact) mass is 404 g/mol. The Morgan fingerprint density at radius 2 is 1.89 bits per heavy atom. The summed E-state index contributed by atoms with van der Waals surface area (Å²) in [6, 6.07) is 14.2. The molecule has 3 aromatic rings. The lowest BCUT2D eigenvalue weighted by molar-refractivity contribution is 0.0770. The van der Waals surface area contributed by atoms with Crippen LogP contribution in [0, 0.1) is 0 Å². The second kappa shape index (κ2) is 9.61. The van der Waals surface area contributed by atoms with Gasteiger partial charge in [0.25, 0.3) is 0 Å². The maximum atomic E-state index is 6.37. The molecule has 2 aromatic carbocycles. The minimum absolute atomic E-state index is 0.294. The van der Waals surface area contributed by atoms with Gasteiger partial charge in [-0.2, -0.15) is 0 Å². The van der Waals surface area contributed by atoms with E-state index in [-0.39, 0.29) is 0 Å². The second-order valence-corrected chi connectivity index (χ2v) is 7.83. The molecule has 0 aliphatic heterocycles. The third-order valence-electron chi connectivity index (χ3n) is 4.49. The molecule has 1 aromatic heterocycles. The van der Waals surface area contributed by atoms with Crippen LogP contribution in [0.15, 0.2) is 48.7 Å². The van der Waals surface area contributed by atoms with E-state index >= 15 is 0 Å². The first kappa shape index (κ1) is 20.2. The van der Waals surface area contributed by atoms with Gasteiger partial charge >= 0.3 is 0 Å². The lowest BCUT2D eigenvalue weighted by Crippen LogP contribution is -2.17. The summed E-state index contributed by atoms with van der Waals surface area (Å²) in [4.78, 5) is 0. The van der Waals surface area contributed by atoms with Crippen LogP contribution in [-0.2, 0) is 17.8 Å². The lowest BCUT2D eigenvalue weighted by atomic mass is 10.2. The van der Waals surface area contributed by atoms with Crippen LogP contribution >= 0.6 is 23.2 Å². The van der Waals surface area contributed by atoms with Crippen molar-refractivity contribution < 1.29 is 4.74 Å². The number of aromatic nitrogens is 1. The molecular weight excluding hydrogens is 379 g/mol. The Kier molecular flexibility index (Phi) is 7.20. The molecule has 0 spiro atoms. The van der Waals surface area contributed by atoms with Crippen molar-refractivity contribution in [2.45, 2.75) is 39.5 Å². The lowest BCUT2D eigenvalue weighted by Gasteiger charge is -2.08. The van der Waals surface area contributed by atoms with Crippen LogP contribution in [0.3, 0.4) is 0 Å². The van der Waals surface area contributed by atoms with Crippen molar-refractivity contribution in [1.82, 2.24) is 9.88 Å². The molecule has 3 rings (SSSR count). The van der Waals surface area contributed by atoms with Crippen molar-refractivity contribution in [3.8, 4) is 0 Å². The van der Waals surface area contributed by atoms with E-state index in [2.05, 4.69) is 54.2 Å². The van der Waals surface area contributed by atoms with Gasteiger partial charge in [0, 0.05) is 46.8 Å². The summed E-state index contributed by atoms with van der Waals surface area (Å²) < 4.78 is 7.84. The number of halogens is 2. The Balaban J connectivity index is 1.70. The third kappa shape index (κ3) is 5.49. The largest absolute Gasteiger partial charge is 0.379 e. The van der Waals surface area contributed by atoms with Crippen LogP contribution < -0.4 is 5.32 Å². The fourth-order valence-electron chi connectivity index (χ4n) is 3.17. The maximum Gasteiger partial charge on any atom is 0.0518 e. The van der Waals surface area contributed by atoms with Gasteiger partial charge in [0.15, 0.2) is 0 Å². The summed E-state index contributed by atoms with van der Waals surface area (Å²) in [6.45, 7) is 7.42. The zero-order chi connectivity index (χ0) is 19.2. The molecule has 5 heteroatoms.